The molecule has 0 aromatic carbocycles. The largest absolute Gasteiger partial charge is 0.493 e. The lowest BCUT2D eigenvalue weighted by atomic mass is 10.1. The van der Waals surface area contributed by atoms with Gasteiger partial charge in [-0.15, -0.1) is 0 Å². The van der Waals surface area contributed by atoms with Crippen LogP contribution in [0.2, 0.25) is 0 Å². The highest BCUT2D eigenvalue weighted by Crippen LogP contribution is 2.29. The number of carbonyl (C=O) groups is 1. The first kappa shape index (κ1) is 16.2. The maximum Gasteiger partial charge on any atom is 0.271 e. The van der Waals surface area contributed by atoms with Crippen LogP contribution in [-0.2, 0) is 4.74 Å². The van der Waals surface area contributed by atoms with Crippen molar-refractivity contribution in [1.29, 1.82) is 0 Å². The summed E-state index contributed by atoms with van der Waals surface area (Å²) in [7, 11) is 1.43. The maximum atomic E-state index is 11.3. The van der Waals surface area contributed by atoms with Crippen LogP contribution in [0.15, 0.2) is 12.3 Å². The van der Waals surface area contributed by atoms with Gasteiger partial charge in [0, 0.05) is 18.2 Å². The summed E-state index contributed by atoms with van der Waals surface area (Å²) in [6.07, 6.45) is 1.39. The Morgan fingerprint density at radius 3 is 2.70 bits per heavy atom. The zero-order valence-corrected chi connectivity index (χ0v) is 12.0. The number of methoxy groups -OCH3 is 1. The average molecular weight is 284 g/mol. The van der Waals surface area contributed by atoms with Gasteiger partial charge in [-0.05, 0) is 6.92 Å². The van der Waals surface area contributed by atoms with Crippen LogP contribution in [0.25, 0.3) is 0 Å². The van der Waals surface area contributed by atoms with E-state index in [0.717, 1.165) is 0 Å². The summed E-state index contributed by atoms with van der Waals surface area (Å²) >= 11 is 0. The smallest absolute Gasteiger partial charge is 0.271 e. The average Bonchev–Trinajstić information content (AvgIpc) is 2.38. The number of carbonyl (C=O) groups excluding carboxylic acids is 1. The Kier molecular flexibility index (Phi) is 5.29. The molecule has 0 bridgehead atoms. The number of nitrogens with two attached hydrogens (primary N) is 1. The number of hydrogen-bond acceptors (Lipinski definition) is 6. The Morgan fingerprint density at radius 2 is 2.20 bits per heavy atom. The van der Waals surface area contributed by atoms with Crippen LogP contribution in [0.1, 0.15) is 31.3 Å². The Morgan fingerprint density at radius 1 is 1.55 bits per heavy atom. The molecular formula is C13H20N2O5. The van der Waals surface area contributed by atoms with Crippen LogP contribution in [0, 0.1) is 5.92 Å². The molecule has 0 saturated carbocycles. The molecule has 1 heterocycles. The van der Waals surface area contributed by atoms with E-state index in [2.05, 4.69) is 4.98 Å². The SMILES string of the molecule is COc1ccnc(C(N)=O)c1OCOC(C)(O)C(C)C. The Balaban J connectivity index is 2.84. The zero-order valence-electron chi connectivity index (χ0n) is 12.0. The van der Waals surface area contributed by atoms with E-state index < -0.39 is 11.7 Å². The fourth-order valence-corrected chi connectivity index (χ4v) is 1.28. The maximum absolute atomic E-state index is 11.3. The molecule has 0 fully saturated rings. The van der Waals surface area contributed by atoms with Crippen molar-refractivity contribution in [3.8, 4) is 11.5 Å². The first-order valence-electron chi connectivity index (χ1n) is 6.11. The Bertz CT molecular complexity index is 474. The predicted octanol–water partition coefficient (Wildman–Crippen LogP) is 0.906. The second-order valence-electron chi connectivity index (χ2n) is 4.67. The number of rotatable bonds is 7. The van der Waals surface area contributed by atoms with Crippen molar-refractivity contribution in [3.05, 3.63) is 18.0 Å². The van der Waals surface area contributed by atoms with Crippen LogP contribution in [-0.4, -0.2) is 35.7 Å². The standard InChI is InChI=1S/C13H20N2O5/c1-8(2)13(3,17)20-7-19-11-9(18-4)5-6-15-10(11)12(14)16/h5-6,8,17H,7H2,1-4H3,(H2,14,16). The van der Waals surface area contributed by atoms with Crippen LogP contribution < -0.4 is 15.2 Å². The molecule has 7 nitrogen and oxygen atoms in total. The van der Waals surface area contributed by atoms with E-state index in [1.165, 1.54) is 26.3 Å². The van der Waals surface area contributed by atoms with Gasteiger partial charge in [0.15, 0.2) is 29.8 Å². The second-order valence-corrected chi connectivity index (χ2v) is 4.67. The monoisotopic (exact) mass is 284 g/mol. The lowest BCUT2D eigenvalue weighted by Gasteiger charge is -2.27. The van der Waals surface area contributed by atoms with E-state index in [9.17, 15) is 9.90 Å². The van der Waals surface area contributed by atoms with E-state index in [1.807, 2.05) is 0 Å². The van der Waals surface area contributed by atoms with Crippen LogP contribution in [0.5, 0.6) is 11.5 Å². The zero-order chi connectivity index (χ0) is 15.3. The molecule has 0 aliphatic carbocycles. The molecule has 1 rings (SSSR count). The van der Waals surface area contributed by atoms with Crippen molar-refractivity contribution in [2.45, 2.75) is 26.6 Å². The predicted molar refractivity (Wildman–Crippen MR) is 71.3 cm³/mol. The molecule has 0 saturated heterocycles. The lowest BCUT2D eigenvalue weighted by molar-refractivity contribution is -0.243. The molecule has 3 N–H and O–H groups in total. The van der Waals surface area contributed by atoms with Crippen molar-refractivity contribution < 1.29 is 24.1 Å². The number of hydrogen-bond donors (Lipinski definition) is 2. The molecular weight excluding hydrogens is 264 g/mol. The number of pyridine rings is 1. The van der Waals surface area contributed by atoms with Crippen molar-refractivity contribution in [1.82, 2.24) is 4.98 Å². The molecule has 1 aromatic rings. The molecule has 7 heteroatoms. The van der Waals surface area contributed by atoms with Crippen molar-refractivity contribution in [2.24, 2.45) is 11.7 Å². The van der Waals surface area contributed by atoms with Gasteiger partial charge < -0.3 is 25.1 Å². The summed E-state index contributed by atoms with van der Waals surface area (Å²) in [5.74, 6) is -1.82. The van der Waals surface area contributed by atoms with E-state index >= 15 is 0 Å². The van der Waals surface area contributed by atoms with Gasteiger partial charge in [-0.2, -0.15) is 0 Å². The second kappa shape index (κ2) is 6.53. The highest BCUT2D eigenvalue weighted by Gasteiger charge is 2.26. The minimum absolute atomic E-state index is 0.0582. The topological polar surface area (TPSA) is 104 Å². The molecule has 1 unspecified atom stereocenters. The van der Waals surface area contributed by atoms with Crippen molar-refractivity contribution in [2.75, 3.05) is 13.9 Å². The molecule has 1 atom stereocenters. The van der Waals surface area contributed by atoms with E-state index in [0.29, 0.717) is 5.75 Å². The molecule has 0 aliphatic heterocycles. The highest BCUT2D eigenvalue weighted by molar-refractivity contribution is 5.94. The van der Waals surface area contributed by atoms with Gasteiger partial charge in [-0.3, -0.25) is 4.79 Å². The summed E-state index contributed by atoms with van der Waals surface area (Å²) in [4.78, 5) is 15.1. The molecule has 112 valence electrons. The third kappa shape index (κ3) is 3.82. The van der Waals surface area contributed by atoms with Crippen LogP contribution in [0.3, 0.4) is 0 Å². The Labute approximate surface area is 117 Å². The molecule has 0 radical (unpaired) electrons. The minimum Gasteiger partial charge on any atom is -0.493 e. The summed E-state index contributed by atoms with van der Waals surface area (Å²) < 4.78 is 15.6. The fraction of sp³-hybridized carbons (Fsp3) is 0.538. The quantitative estimate of drug-likeness (QED) is 0.721. The number of nitrogens with zero attached hydrogens (tertiary/aromatic N) is 1. The van der Waals surface area contributed by atoms with E-state index in [4.69, 9.17) is 19.9 Å². The van der Waals surface area contributed by atoms with Crippen LogP contribution in [0.4, 0.5) is 0 Å². The van der Waals surface area contributed by atoms with E-state index in [-0.39, 0.29) is 24.2 Å². The number of primary amides is 1. The molecule has 0 aliphatic rings. The number of amides is 1. The summed E-state index contributed by atoms with van der Waals surface area (Å²) in [6.45, 7) is 4.86. The first-order chi connectivity index (χ1) is 9.29. The van der Waals surface area contributed by atoms with Gasteiger partial charge in [-0.25, -0.2) is 4.98 Å². The van der Waals surface area contributed by atoms with Gasteiger partial charge in [-0.1, -0.05) is 13.8 Å². The Hall–Kier alpha value is -1.86. The summed E-state index contributed by atoms with van der Waals surface area (Å²) in [5, 5.41) is 9.93. The van der Waals surface area contributed by atoms with Gasteiger partial charge in [0.2, 0.25) is 0 Å². The molecule has 1 amide bonds. The first-order valence-corrected chi connectivity index (χ1v) is 6.11. The number of ether oxygens (including phenoxy) is 3. The summed E-state index contributed by atoms with van der Waals surface area (Å²) in [5.41, 5.74) is 5.16. The highest BCUT2D eigenvalue weighted by atomic mass is 16.7. The summed E-state index contributed by atoms with van der Waals surface area (Å²) in [6, 6.07) is 1.53. The van der Waals surface area contributed by atoms with Gasteiger partial charge >= 0.3 is 0 Å². The minimum atomic E-state index is -1.34. The third-order valence-electron chi connectivity index (χ3n) is 2.95. The van der Waals surface area contributed by atoms with E-state index in [1.54, 1.807) is 13.8 Å². The fourth-order valence-electron chi connectivity index (χ4n) is 1.28. The third-order valence-corrected chi connectivity index (χ3v) is 2.95. The number of aliphatic hydroxyl groups is 1. The van der Waals surface area contributed by atoms with Gasteiger partial charge in [0.1, 0.15) is 0 Å². The lowest BCUT2D eigenvalue weighted by Crippen LogP contribution is -2.35. The van der Waals surface area contributed by atoms with Crippen molar-refractivity contribution >= 4 is 5.91 Å². The number of aromatic nitrogens is 1. The van der Waals surface area contributed by atoms with Crippen molar-refractivity contribution in [3.63, 3.8) is 0 Å². The molecule has 0 spiro atoms. The van der Waals surface area contributed by atoms with Gasteiger partial charge in [0.05, 0.1) is 7.11 Å². The van der Waals surface area contributed by atoms with Crippen LogP contribution >= 0.6 is 0 Å². The molecule has 1 aromatic heterocycles. The van der Waals surface area contributed by atoms with Gasteiger partial charge in [0.25, 0.3) is 5.91 Å². The normalized spacial score (nSPS) is 13.9. The molecule has 20 heavy (non-hydrogen) atoms.